The molecular weight excluding hydrogens is 1400 g/mol. The van der Waals surface area contributed by atoms with Gasteiger partial charge in [0.25, 0.3) is 0 Å². The third kappa shape index (κ3) is 76.4. The van der Waals surface area contributed by atoms with E-state index >= 15 is 0 Å². The van der Waals surface area contributed by atoms with Crippen LogP contribution in [-0.4, -0.2) is 74.8 Å². The standard InChI is InChI=1S/2C46H86O3S.Ba/c2*1-2-3-4-5-6-7-8-9-10-11-12-13-14-15-16-17-18-19-20-21-22-23-24-25-26-27-28-29-30-31-32-33-34-35-36-37-38-39-41-45-42-40-43-46(44-45)50(47,48)49;/h2*40,42-44H,2-39,41H2,1H3,(H,47,48,49);/q;;+2/p-2. The predicted octanol–water partition coefficient (Wildman–Crippen LogP) is 31.6. The molecule has 0 bridgehead atoms. The molecule has 101 heavy (non-hydrogen) atoms. The first-order chi connectivity index (χ1) is 49.1. The van der Waals surface area contributed by atoms with Gasteiger partial charge in [-0.3, -0.25) is 0 Å². The van der Waals surface area contributed by atoms with Gasteiger partial charge in [-0.2, -0.15) is 0 Å². The van der Waals surface area contributed by atoms with E-state index < -0.39 is 20.2 Å². The molecule has 2 rings (SSSR count). The summed E-state index contributed by atoms with van der Waals surface area (Å²) >= 11 is 0. The van der Waals surface area contributed by atoms with E-state index in [-0.39, 0.29) is 58.7 Å². The van der Waals surface area contributed by atoms with Gasteiger partial charge in [-0.05, 0) is 61.1 Å². The maximum absolute atomic E-state index is 11.2. The van der Waals surface area contributed by atoms with Gasteiger partial charge in [-0.25, -0.2) is 16.8 Å². The normalized spacial score (nSPS) is 11.8. The Balaban J connectivity index is 0.00000196. The molecule has 588 valence electrons. The molecule has 0 unspecified atom stereocenters. The molecule has 0 atom stereocenters. The Bertz CT molecular complexity index is 2010. The van der Waals surface area contributed by atoms with E-state index in [1.54, 1.807) is 12.1 Å². The Labute approximate surface area is 673 Å². The molecule has 0 aromatic heterocycles. The molecule has 0 spiro atoms. The minimum absolute atomic E-state index is 0. The average Bonchev–Trinajstić information content (AvgIpc) is 0.897. The number of aryl methyl sites for hydroxylation is 2. The van der Waals surface area contributed by atoms with E-state index in [4.69, 9.17) is 0 Å². The first-order valence-corrected chi connectivity index (χ1v) is 48.0. The van der Waals surface area contributed by atoms with Crippen LogP contribution in [0.4, 0.5) is 0 Å². The summed E-state index contributed by atoms with van der Waals surface area (Å²) in [6.07, 6.45) is 110. The minimum Gasteiger partial charge on any atom is -0.744 e. The Hall–Kier alpha value is -0.169. The van der Waals surface area contributed by atoms with Crippen molar-refractivity contribution in [1.82, 2.24) is 0 Å². The molecule has 0 saturated heterocycles. The van der Waals surface area contributed by atoms with Crippen LogP contribution in [0.5, 0.6) is 0 Å². The average molecular weight is 1570 g/mol. The van der Waals surface area contributed by atoms with Gasteiger partial charge in [0.05, 0.1) is 9.79 Å². The molecule has 9 heteroatoms. The SMILES string of the molecule is CCCCCCCCCCCCCCCCCCCCCCCCCCCCCCCCCCCCCCCCc1cccc(S(=O)(=O)[O-])c1.CCCCCCCCCCCCCCCCCCCCCCCCCCCCCCCCCCCCCCCCc1cccc(S(=O)(=O)[O-])c1.[Ba+2]. The summed E-state index contributed by atoms with van der Waals surface area (Å²) in [5.74, 6) is 0. The third-order valence-electron chi connectivity index (χ3n) is 22.0. The minimum atomic E-state index is -4.35. The Morgan fingerprint density at radius 2 is 0.317 bits per heavy atom. The van der Waals surface area contributed by atoms with E-state index in [0.29, 0.717) is 0 Å². The molecular formula is C92H170BaO6S2. The molecule has 2 aromatic carbocycles. The van der Waals surface area contributed by atoms with Gasteiger partial charge in [0, 0.05) is 0 Å². The summed E-state index contributed by atoms with van der Waals surface area (Å²) < 4.78 is 67.0. The van der Waals surface area contributed by atoms with Crippen molar-refractivity contribution in [2.45, 2.75) is 524 Å². The van der Waals surface area contributed by atoms with Crippen LogP contribution in [0.1, 0.15) is 513 Å². The Morgan fingerprint density at radius 1 is 0.198 bits per heavy atom. The topological polar surface area (TPSA) is 114 Å². The van der Waals surface area contributed by atoms with Crippen LogP contribution in [0.3, 0.4) is 0 Å². The van der Waals surface area contributed by atoms with Crippen molar-refractivity contribution in [3.63, 3.8) is 0 Å². The van der Waals surface area contributed by atoms with Crippen LogP contribution < -0.4 is 0 Å². The summed E-state index contributed by atoms with van der Waals surface area (Å²) in [5.41, 5.74) is 1.90. The summed E-state index contributed by atoms with van der Waals surface area (Å²) in [4.78, 5) is -0.210. The van der Waals surface area contributed by atoms with Gasteiger partial charge in [0.2, 0.25) is 0 Å². The van der Waals surface area contributed by atoms with E-state index in [9.17, 15) is 25.9 Å². The maximum Gasteiger partial charge on any atom is 2.00 e. The van der Waals surface area contributed by atoms with Gasteiger partial charge in [-0.15, -0.1) is 0 Å². The van der Waals surface area contributed by atoms with E-state index in [0.717, 1.165) is 36.8 Å². The van der Waals surface area contributed by atoms with Crippen molar-refractivity contribution in [3.8, 4) is 0 Å². The summed E-state index contributed by atoms with van der Waals surface area (Å²) in [6, 6.07) is 13.0. The first-order valence-electron chi connectivity index (χ1n) is 45.2. The maximum atomic E-state index is 11.2. The fraction of sp³-hybridized carbons (Fsp3) is 0.870. The molecule has 0 aliphatic rings. The van der Waals surface area contributed by atoms with Crippen molar-refractivity contribution in [1.29, 1.82) is 0 Å². The van der Waals surface area contributed by atoms with Gasteiger partial charge in [0.15, 0.2) is 0 Å². The molecule has 0 saturated carbocycles. The number of unbranched alkanes of at least 4 members (excludes halogenated alkanes) is 74. The second kappa shape index (κ2) is 80.8. The molecule has 2 aromatic rings. The van der Waals surface area contributed by atoms with Gasteiger partial charge >= 0.3 is 48.9 Å². The number of rotatable bonds is 80. The molecule has 0 aliphatic heterocycles. The zero-order valence-corrected chi connectivity index (χ0v) is 73.8. The van der Waals surface area contributed by atoms with Gasteiger partial charge in [-0.1, -0.05) is 513 Å². The smallest absolute Gasteiger partial charge is 0.744 e. The van der Waals surface area contributed by atoms with Gasteiger partial charge in [0.1, 0.15) is 20.2 Å². The number of benzene rings is 2. The van der Waals surface area contributed by atoms with Crippen molar-refractivity contribution in [2.75, 3.05) is 0 Å². The third-order valence-corrected chi connectivity index (χ3v) is 23.7. The van der Waals surface area contributed by atoms with Crippen LogP contribution >= 0.6 is 0 Å². The van der Waals surface area contributed by atoms with E-state index in [1.165, 1.54) is 499 Å². The van der Waals surface area contributed by atoms with Crippen LogP contribution in [0.2, 0.25) is 0 Å². The Kier molecular flexibility index (Phi) is 80.7. The molecule has 0 heterocycles. The molecule has 0 radical (unpaired) electrons. The fourth-order valence-electron chi connectivity index (χ4n) is 15.2. The largest absolute Gasteiger partial charge is 2.00 e. The van der Waals surface area contributed by atoms with Crippen molar-refractivity contribution in [2.24, 2.45) is 0 Å². The van der Waals surface area contributed by atoms with Crippen molar-refractivity contribution < 1.29 is 25.9 Å². The molecule has 0 fully saturated rings. The van der Waals surface area contributed by atoms with Crippen LogP contribution in [0.25, 0.3) is 0 Å². The number of hydrogen-bond acceptors (Lipinski definition) is 6. The Morgan fingerprint density at radius 3 is 0.436 bits per heavy atom. The monoisotopic (exact) mass is 1570 g/mol. The van der Waals surface area contributed by atoms with Crippen LogP contribution in [0.15, 0.2) is 58.3 Å². The second-order valence-electron chi connectivity index (χ2n) is 31.9. The molecule has 6 nitrogen and oxygen atoms in total. The zero-order chi connectivity index (χ0) is 72.1. The van der Waals surface area contributed by atoms with Crippen LogP contribution in [-0.2, 0) is 33.1 Å². The second-order valence-corrected chi connectivity index (χ2v) is 34.6. The number of hydrogen-bond donors (Lipinski definition) is 0. The summed E-state index contributed by atoms with van der Waals surface area (Å²) in [5, 5.41) is 0. The summed E-state index contributed by atoms with van der Waals surface area (Å²) in [7, 11) is -8.70. The van der Waals surface area contributed by atoms with Crippen LogP contribution in [0, 0.1) is 0 Å². The fourth-order valence-corrected chi connectivity index (χ4v) is 16.3. The quantitative estimate of drug-likeness (QED) is 0.0370. The predicted molar refractivity (Wildman–Crippen MR) is 444 cm³/mol. The molecule has 0 aliphatic carbocycles. The summed E-state index contributed by atoms with van der Waals surface area (Å²) in [6.45, 7) is 4.61. The van der Waals surface area contributed by atoms with Crippen molar-refractivity contribution >= 4 is 69.1 Å². The molecule has 0 amide bonds. The first kappa shape index (κ1) is 101. The van der Waals surface area contributed by atoms with Gasteiger partial charge < -0.3 is 9.11 Å². The van der Waals surface area contributed by atoms with E-state index in [2.05, 4.69) is 13.8 Å². The molecule has 0 N–H and O–H groups in total. The van der Waals surface area contributed by atoms with Crippen molar-refractivity contribution in [3.05, 3.63) is 59.7 Å². The van der Waals surface area contributed by atoms with E-state index in [1.807, 2.05) is 12.1 Å². The zero-order valence-electron chi connectivity index (χ0n) is 67.7.